The number of rotatable bonds is 2. The summed E-state index contributed by atoms with van der Waals surface area (Å²) in [5, 5.41) is 0.770. The van der Waals surface area contributed by atoms with Gasteiger partial charge in [0.15, 0.2) is 0 Å². The maximum atomic E-state index is 11.3. The van der Waals surface area contributed by atoms with Gasteiger partial charge in [-0.3, -0.25) is 4.79 Å². The van der Waals surface area contributed by atoms with Crippen molar-refractivity contribution in [2.45, 2.75) is 12.8 Å². The van der Waals surface area contributed by atoms with Crippen LogP contribution in [0.1, 0.15) is 12.8 Å². The predicted octanol–water partition coefficient (Wildman–Crippen LogP) is 1.56. The summed E-state index contributed by atoms with van der Waals surface area (Å²) in [4.78, 5) is 13.2. The number of alkyl halides is 1. The van der Waals surface area contributed by atoms with Gasteiger partial charge in [0.25, 0.3) is 0 Å². The van der Waals surface area contributed by atoms with Gasteiger partial charge in [-0.25, -0.2) is 0 Å². The van der Waals surface area contributed by atoms with Crippen molar-refractivity contribution in [2.75, 3.05) is 18.4 Å². The van der Waals surface area contributed by atoms with Crippen LogP contribution in [0.3, 0.4) is 0 Å². The topological polar surface area (TPSA) is 20.3 Å². The van der Waals surface area contributed by atoms with E-state index in [-0.39, 0.29) is 5.91 Å². The highest BCUT2D eigenvalue weighted by molar-refractivity contribution is 9.09. The Kier molecular flexibility index (Phi) is 3.63. The zero-order chi connectivity index (χ0) is 8.10. The molecule has 62 valence electrons. The quantitative estimate of drug-likeness (QED) is 0.508. The van der Waals surface area contributed by atoms with Crippen LogP contribution in [0.2, 0.25) is 0 Å². The molecule has 0 bridgehead atoms. The van der Waals surface area contributed by atoms with Crippen LogP contribution in [-0.2, 0) is 4.79 Å². The van der Waals surface area contributed by atoms with Crippen LogP contribution in [0.25, 0.3) is 0 Å². The number of hydrogen-bond acceptors (Lipinski definition) is 1. The Balaban J connectivity index is 2.34. The lowest BCUT2D eigenvalue weighted by atomic mass is 10.2. The second kappa shape index (κ2) is 4.54. The highest BCUT2D eigenvalue weighted by Gasteiger charge is 2.11. The molecule has 0 fully saturated rings. The minimum absolute atomic E-state index is 0.256. The van der Waals surface area contributed by atoms with E-state index in [4.69, 9.17) is 0 Å². The maximum absolute atomic E-state index is 11.3. The highest BCUT2D eigenvalue weighted by atomic mass is 79.9. The fourth-order valence-corrected chi connectivity index (χ4v) is 1.45. The third-order valence-corrected chi connectivity index (χ3v) is 2.12. The van der Waals surface area contributed by atoms with E-state index < -0.39 is 0 Å². The van der Waals surface area contributed by atoms with E-state index in [9.17, 15) is 4.79 Å². The summed E-state index contributed by atoms with van der Waals surface area (Å²) in [5.41, 5.74) is 0. The lowest BCUT2D eigenvalue weighted by molar-refractivity contribution is -0.130. The van der Waals surface area contributed by atoms with Crippen molar-refractivity contribution in [3.8, 4) is 0 Å². The molecule has 0 aromatic carbocycles. The van der Waals surface area contributed by atoms with Gasteiger partial charge in [-0.2, -0.15) is 0 Å². The molecule has 11 heavy (non-hydrogen) atoms. The average Bonchev–Trinajstić information content (AvgIpc) is 2.07. The molecular weight excluding hydrogens is 206 g/mol. The van der Waals surface area contributed by atoms with Crippen molar-refractivity contribution in [3.05, 3.63) is 12.2 Å². The second-order valence-corrected chi connectivity index (χ2v) is 3.33. The Morgan fingerprint density at radius 1 is 1.55 bits per heavy atom. The Hall–Kier alpha value is -0.310. The highest BCUT2D eigenvalue weighted by Crippen LogP contribution is 2.03. The first kappa shape index (κ1) is 8.78. The van der Waals surface area contributed by atoms with E-state index in [1.165, 1.54) is 0 Å². The molecule has 2 nitrogen and oxygen atoms in total. The van der Waals surface area contributed by atoms with Crippen LogP contribution in [0, 0.1) is 0 Å². The van der Waals surface area contributed by atoms with Gasteiger partial charge >= 0.3 is 0 Å². The molecule has 1 amide bonds. The lowest BCUT2D eigenvalue weighted by Gasteiger charge is -2.22. The molecule has 1 aliphatic rings. The summed E-state index contributed by atoms with van der Waals surface area (Å²) in [6, 6.07) is 0. The van der Waals surface area contributed by atoms with Crippen molar-refractivity contribution in [2.24, 2.45) is 0 Å². The SMILES string of the molecule is O=C(CCBr)N1CC=CCC1. The minimum atomic E-state index is 0.256. The van der Waals surface area contributed by atoms with Crippen LogP contribution >= 0.6 is 15.9 Å². The van der Waals surface area contributed by atoms with E-state index in [0.29, 0.717) is 6.42 Å². The predicted molar refractivity (Wildman–Crippen MR) is 48.7 cm³/mol. The molecule has 0 aliphatic carbocycles. The Morgan fingerprint density at radius 3 is 2.91 bits per heavy atom. The first-order valence-corrected chi connectivity index (χ1v) is 4.95. The molecule has 0 saturated heterocycles. The molecule has 0 N–H and O–H groups in total. The summed E-state index contributed by atoms with van der Waals surface area (Å²) in [7, 11) is 0. The van der Waals surface area contributed by atoms with Gasteiger partial charge in [0.1, 0.15) is 0 Å². The van der Waals surface area contributed by atoms with Gasteiger partial charge in [0.05, 0.1) is 0 Å². The van der Waals surface area contributed by atoms with E-state index in [2.05, 4.69) is 28.1 Å². The molecular formula is C8H12BrNO. The number of carbonyl (C=O) groups is 1. The van der Waals surface area contributed by atoms with Crippen molar-refractivity contribution in [3.63, 3.8) is 0 Å². The van der Waals surface area contributed by atoms with Gasteiger partial charge in [-0.15, -0.1) is 0 Å². The van der Waals surface area contributed by atoms with Gasteiger partial charge < -0.3 is 4.90 Å². The van der Waals surface area contributed by atoms with Crippen LogP contribution in [0.5, 0.6) is 0 Å². The summed E-state index contributed by atoms with van der Waals surface area (Å²) in [5.74, 6) is 0.256. The van der Waals surface area contributed by atoms with Crippen LogP contribution < -0.4 is 0 Å². The Labute approximate surface area is 75.4 Å². The molecule has 0 radical (unpaired) electrons. The van der Waals surface area contributed by atoms with Crippen molar-refractivity contribution < 1.29 is 4.79 Å². The molecule has 0 unspecified atom stereocenters. The zero-order valence-corrected chi connectivity index (χ0v) is 8.01. The number of halogens is 1. The molecule has 1 aliphatic heterocycles. The van der Waals surface area contributed by atoms with E-state index in [1.54, 1.807) is 0 Å². The number of amides is 1. The van der Waals surface area contributed by atoms with Gasteiger partial charge in [-0.1, -0.05) is 28.1 Å². The fourth-order valence-electron chi connectivity index (χ4n) is 1.11. The third-order valence-electron chi connectivity index (χ3n) is 1.72. The molecule has 3 heteroatoms. The van der Waals surface area contributed by atoms with Crippen LogP contribution in [-0.4, -0.2) is 29.2 Å². The first-order chi connectivity index (χ1) is 5.34. The number of carbonyl (C=O) groups excluding carboxylic acids is 1. The van der Waals surface area contributed by atoms with Gasteiger partial charge in [0.2, 0.25) is 5.91 Å². The summed E-state index contributed by atoms with van der Waals surface area (Å²) in [6.07, 6.45) is 5.80. The standard InChI is InChI=1S/C8H12BrNO/c9-5-4-8(11)10-6-2-1-3-7-10/h1-2H,3-7H2. The van der Waals surface area contributed by atoms with Gasteiger partial charge in [0, 0.05) is 24.8 Å². The molecule has 1 rings (SSSR count). The smallest absolute Gasteiger partial charge is 0.223 e. The number of nitrogens with zero attached hydrogens (tertiary/aromatic N) is 1. The van der Waals surface area contributed by atoms with Crippen LogP contribution in [0.4, 0.5) is 0 Å². The summed E-state index contributed by atoms with van der Waals surface area (Å²) >= 11 is 3.25. The normalized spacial score (nSPS) is 17.0. The number of hydrogen-bond donors (Lipinski definition) is 0. The minimum Gasteiger partial charge on any atom is -0.339 e. The van der Waals surface area contributed by atoms with E-state index in [0.717, 1.165) is 24.8 Å². The molecule has 1 heterocycles. The average molecular weight is 218 g/mol. The van der Waals surface area contributed by atoms with Crippen molar-refractivity contribution >= 4 is 21.8 Å². The summed E-state index contributed by atoms with van der Waals surface area (Å²) in [6.45, 7) is 1.69. The Bertz CT molecular complexity index is 167. The molecule has 0 spiro atoms. The van der Waals surface area contributed by atoms with E-state index >= 15 is 0 Å². The van der Waals surface area contributed by atoms with E-state index in [1.807, 2.05) is 4.90 Å². The van der Waals surface area contributed by atoms with Crippen molar-refractivity contribution in [1.29, 1.82) is 0 Å². The first-order valence-electron chi connectivity index (χ1n) is 3.83. The van der Waals surface area contributed by atoms with Gasteiger partial charge in [-0.05, 0) is 6.42 Å². The van der Waals surface area contributed by atoms with Crippen molar-refractivity contribution in [1.82, 2.24) is 4.90 Å². The molecule has 0 saturated carbocycles. The third kappa shape index (κ3) is 2.66. The molecule has 0 atom stereocenters. The summed E-state index contributed by atoms with van der Waals surface area (Å²) < 4.78 is 0. The molecule has 0 aromatic heterocycles. The largest absolute Gasteiger partial charge is 0.339 e. The van der Waals surface area contributed by atoms with Crippen LogP contribution in [0.15, 0.2) is 12.2 Å². The zero-order valence-electron chi connectivity index (χ0n) is 6.42. The fraction of sp³-hybridized carbons (Fsp3) is 0.625. The monoisotopic (exact) mass is 217 g/mol. The maximum Gasteiger partial charge on any atom is 0.223 e. The Morgan fingerprint density at radius 2 is 2.36 bits per heavy atom. The lowest BCUT2D eigenvalue weighted by Crippen LogP contribution is -2.33. The second-order valence-electron chi connectivity index (χ2n) is 2.54. The molecule has 0 aromatic rings.